The number of anilines is 1. The van der Waals surface area contributed by atoms with Crippen molar-refractivity contribution in [3.05, 3.63) is 99.9 Å². The first-order chi connectivity index (χ1) is 17.8. The van der Waals surface area contributed by atoms with Gasteiger partial charge in [0.1, 0.15) is 17.5 Å². The minimum absolute atomic E-state index is 0.151. The lowest BCUT2D eigenvalue weighted by Crippen LogP contribution is -2.36. The van der Waals surface area contributed by atoms with Crippen LogP contribution < -0.4 is 16.6 Å². The summed E-state index contributed by atoms with van der Waals surface area (Å²) in [6, 6.07) is 11.6. The summed E-state index contributed by atoms with van der Waals surface area (Å²) < 4.78 is 48.3. The SMILES string of the molecule is Nc1nc(-c2ccc(F)cc2)c(-c2ccc(=O)n(C3COC3)c2)nc1C(=O)NCc1c(F)cccc1F. The van der Waals surface area contributed by atoms with Gasteiger partial charge in [-0.2, -0.15) is 0 Å². The summed E-state index contributed by atoms with van der Waals surface area (Å²) in [5.74, 6) is -3.13. The van der Waals surface area contributed by atoms with Crippen molar-refractivity contribution in [1.29, 1.82) is 0 Å². The molecule has 0 atom stereocenters. The van der Waals surface area contributed by atoms with Gasteiger partial charge in [0.25, 0.3) is 11.5 Å². The summed E-state index contributed by atoms with van der Waals surface area (Å²) in [6.07, 6.45) is 1.58. The number of ether oxygens (including phenoxy) is 1. The monoisotopic (exact) mass is 507 g/mol. The molecule has 4 aromatic rings. The molecule has 11 heteroatoms. The van der Waals surface area contributed by atoms with E-state index >= 15 is 0 Å². The zero-order valence-corrected chi connectivity index (χ0v) is 19.2. The number of carbonyl (C=O) groups is 1. The van der Waals surface area contributed by atoms with E-state index in [9.17, 15) is 22.8 Å². The third-order valence-electron chi connectivity index (χ3n) is 5.97. The first-order valence-corrected chi connectivity index (χ1v) is 11.3. The topological polar surface area (TPSA) is 112 Å². The Morgan fingerprint density at radius 2 is 1.62 bits per heavy atom. The van der Waals surface area contributed by atoms with E-state index in [1.807, 2.05) is 0 Å². The van der Waals surface area contributed by atoms with Gasteiger partial charge in [-0.25, -0.2) is 23.1 Å². The molecule has 0 unspecified atom stereocenters. The molecular weight excluding hydrogens is 487 g/mol. The first-order valence-electron chi connectivity index (χ1n) is 11.3. The average Bonchev–Trinajstić information content (AvgIpc) is 2.84. The fraction of sp³-hybridized carbons (Fsp3) is 0.154. The van der Waals surface area contributed by atoms with Crippen molar-refractivity contribution in [2.24, 2.45) is 0 Å². The predicted molar refractivity (Wildman–Crippen MR) is 129 cm³/mol. The van der Waals surface area contributed by atoms with Gasteiger partial charge >= 0.3 is 0 Å². The second-order valence-corrected chi connectivity index (χ2v) is 8.40. The average molecular weight is 507 g/mol. The van der Waals surface area contributed by atoms with E-state index in [-0.39, 0.29) is 40.1 Å². The van der Waals surface area contributed by atoms with Crippen molar-refractivity contribution in [2.45, 2.75) is 12.6 Å². The summed E-state index contributed by atoms with van der Waals surface area (Å²) in [5, 5.41) is 2.42. The summed E-state index contributed by atoms with van der Waals surface area (Å²) in [6.45, 7) is 0.309. The number of halogens is 3. The number of nitrogens with zero attached hydrogens (tertiary/aromatic N) is 3. The molecule has 1 amide bonds. The summed E-state index contributed by atoms with van der Waals surface area (Å²) in [4.78, 5) is 34.2. The molecule has 188 valence electrons. The molecule has 0 spiro atoms. The Balaban J connectivity index is 1.57. The van der Waals surface area contributed by atoms with Crippen LogP contribution in [0.1, 0.15) is 22.1 Å². The summed E-state index contributed by atoms with van der Waals surface area (Å²) >= 11 is 0. The van der Waals surface area contributed by atoms with Gasteiger partial charge in [0.15, 0.2) is 11.5 Å². The van der Waals surface area contributed by atoms with Crippen molar-refractivity contribution in [3.63, 3.8) is 0 Å². The van der Waals surface area contributed by atoms with E-state index in [0.29, 0.717) is 24.3 Å². The van der Waals surface area contributed by atoms with Crippen molar-refractivity contribution >= 4 is 11.7 Å². The minimum Gasteiger partial charge on any atom is -0.382 e. The van der Waals surface area contributed by atoms with Crippen LogP contribution in [0.5, 0.6) is 0 Å². The lowest BCUT2D eigenvalue weighted by atomic mass is 10.0. The fourth-order valence-corrected chi connectivity index (χ4v) is 3.89. The van der Waals surface area contributed by atoms with Crippen LogP contribution in [0.15, 0.2) is 65.6 Å². The molecular formula is C26H20F3N5O3. The molecule has 0 bridgehead atoms. The Morgan fingerprint density at radius 1 is 0.973 bits per heavy atom. The van der Waals surface area contributed by atoms with Crippen LogP contribution in [-0.2, 0) is 11.3 Å². The quantitative estimate of drug-likeness (QED) is 0.413. The highest BCUT2D eigenvalue weighted by molar-refractivity contribution is 5.98. The molecule has 0 aliphatic carbocycles. The van der Waals surface area contributed by atoms with Crippen molar-refractivity contribution in [3.8, 4) is 22.5 Å². The predicted octanol–water partition coefficient (Wildman–Crippen LogP) is 3.47. The van der Waals surface area contributed by atoms with Crippen molar-refractivity contribution in [2.75, 3.05) is 18.9 Å². The molecule has 1 aliphatic heterocycles. The van der Waals surface area contributed by atoms with Crippen LogP contribution >= 0.6 is 0 Å². The zero-order valence-electron chi connectivity index (χ0n) is 19.2. The van der Waals surface area contributed by atoms with Crippen LogP contribution in [0.25, 0.3) is 22.5 Å². The number of hydrogen-bond donors (Lipinski definition) is 2. The first kappa shape index (κ1) is 24.2. The molecule has 8 nitrogen and oxygen atoms in total. The molecule has 2 aromatic carbocycles. The Hall–Kier alpha value is -4.51. The maximum atomic E-state index is 14.0. The van der Waals surface area contributed by atoms with Gasteiger partial charge in [-0.05, 0) is 42.5 Å². The molecule has 5 rings (SSSR count). The Bertz CT molecular complexity index is 1530. The summed E-state index contributed by atoms with van der Waals surface area (Å²) in [7, 11) is 0. The molecule has 3 N–H and O–H groups in total. The van der Waals surface area contributed by atoms with Crippen LogP contribution in [-0.4, -0.2) is 33.7 Å². The van der Waals surface area contributed by atoms with Crippen LogP contribution in [0.2, 0.25) is 0 Å². The highest BCUT2D eigenvalue weighted by atomic mass is 19.1. The molecule has 37 heavy (non-hydrogen) atoms. The van der Waals surface area contributed by atoms with Gasteiger partial charge in [-0.3, -0.25) is 9.59 Å². The van der Waals surface area contributed by atoms with Gasteiger partial charge < -0.3 is 20.4 Å². The maximum Gasteiger partial charge on any atom is 0.274 e. The number of benzene rings is 2. The number of hydrogen-bond acceptors (Lipinski definition) is 6. The van der Waals surface area contributed by atoms with Crippen LogP contribution in [0.3, 0.4) is 0 Å². The molecule has 0 saturated carbocycles. The maximum absolute atomic E-state index is 14.0. The number of amides is 1. The van der Waals surface area contributed by atoms with Crippen molar-refractivity contribution < 1.29 is 22.7 Å². The van der Waals surface area contributed by atoms with E-state index < -0.39 is 29.9 Å². The smallest absolute Gasteiger partial charge is 0.274 e. The Morgan fingerprint density at radius 3 is 2.27 bits per heavy atom. The number of nitrogens with one attached hydrogen (secondary N) is 1. The van der Waals surface area contributed by atoms with Gasteiger partial charge in [-0.15, -0.1) is 0 Å². The lowest BCUT2D eigenvalue weighted by molar-refractivity contribution is -0.0247. The number of rotatable bonds is 6. The Kier molecular flexibility index (Phi) is 6.45. The number of nitrogens with two attached hydrogens (primary N) is 1. The molecule has 1 fully saturated rings. The normalized spacial score (nSPS) is 13.3. The van der Waals surface area contributed by atoms with Crippen molar-refractivity contribution in [1.82, 2.24) is 19.9 Å². The molecule has 3 heterocycles. The van der Waals surface area contributed by atoms with Gasteiger partial charge in [-0.1, -0.05) is 6.07 Å². The van der Waals surface area contributed by atoms with E-state index in [1.54, 1.807) is 6.20 Å². The third-order valence-corrected chi connectivity index (χ3v) is 5.97. The van der Waals surface area contributed by atoms with Gasteiger partial charge in [0, 0.05) is 35.5 Å². The molecule has 1 aliphatic rings. The molecule has 2 aromatic heterocycles. The Labute approximate surface area is 208 Å². The fourth-order valence-electron chi connectivity index (χ4n) is 3.89. The van der Waals surface area contributed by atoms with Gasteiger partial charge in [0.05, 0.1) is 30.6 Å². The third kappa shape index (κ3) is 4.81. The number of pyridine rings is 1. The minimum atomic E-state index is -0.811. The second kappa shape index (κ2) is 9.86. The van der Waals surface area contributed by atoms with E-state index in [2.05, 4.69) is 15.3 Å². The largest absolute Gasteiger partial charge is 0.382 e. The molecule has 1 saturated heterocycles. The van der Waals surface area contributed by atoms with E-state index in [1.165, 1.54) is 47.0 Å². The number of nitrogen functional groups attached to an aromatic ring is 1. The number of carbonyl (C=O) groups excluding carboxylic acids is 1. The second-order valence-electron chi connectivity index (χ2n) is 8.40. The van der Waals surface area contributed by atoms with E-state index in [4.69, 9.17) is 10.5 Å². The highest BCUT2D eigenvalue weighted by Crippen LogP contribution is 2.31. The van der Waals surface area contributed by atoms with Crippen LogP contribution in [0.4, 0.5) is 19.0 Å². The highest BCUT2D eigenvalue weighted by Gasteiger charge is 2.24. The number of aromatic nitrogens is 3. The summed E-state index contributed by atoms with van der Waals surface area (Å²) in [5.41, 5.74) is 6.62. The van der Waals surface area contributed by atoms with E-state index in [0.717, 1.165) is 12.1 Å². The van der Waals surface area contributed by atoms with Crippen LogP contribution in [0, 0.1) is 17.5 Å². The van der Waals surface area contributed by atoms with Gasteiger partial charge in [0.2, 0.25) is 0 Å². The lowest BCUT2D eigenvalue weighted by Gasteiger charge is -2.28. The standard InChI is InChI=1S/C26H20F3N5O3/c27-16-7-4-14(5-8-16)22-23(15-6-9-21(35)34(11-15)17-12-37-13-17)32-24(25(30)33-22)26(36)31-10-18-19(28)2-1-3-20(18)29/h1-9,11,17H,10,12-13H2,(H2,30,33)(H,31,36). The molecule has 0 radical (unpaired) electrons. The zero-order chi connectivity index (χ0) is 26.1.